The third kappa shape index (κ3) is 2.54. The van der Waals surface area contributed by atoms with Crippen LogP contribution in [0.4, 0.5) is 0 Å². The molecular formula is C15H10O5. The topological polar surface area (TPSA) is 83.8 Å². The minimum atomic E-state index is -1.14. The van der Waals surface area contributed by atoms with Crippen molar-refractivity contribution in [1.29, 1.82) is 0 Å². The number of benzene rings is 2. The Kier molecular flexibility index (Phi) is 3.58. The van der Waals surface area contributed by atoms with Crippen LogP contribution in [0.5, 0.6) is 5.75 Å². The lowest BCUT2D eigenvalue weighted by molar-refractivity contribution is 0.0683. The van der Waals surface area contributed by atoms with Gasteiger partial charge in [0.1, 0.15) is 17.9 Å². The number of carboxylic acid groups (broad SMARTS) is 2. The Labute approximate surface area is 114 Å². The predicted octanol–water partition coefficient (Wildman–Crippen LogP) is 2.25. The largest absolute Gasteiger partial charge is 0.480 e. The summed E-state index contributed by atoms with van der Waals surface area (Å²) in [5.41, 5.74) is 0.0966. The van der Waals surface area contributed by atoms with Crippen molar-refractivity contribution in [2.24, 2.45) is 0 Å². The highest BCUT2D eigenvalue weighted by atomic mass is 16.5. The van der Waals surface area contributed by atoms with Gasteiger partial charge in [-0.15, -0.1) is 6.42 Å². The summed E-state index contributed by atoms with van der Waals surface area (Å²) in [6.45, 7) is -0.0651. The first-order chi connectivity index (χ1) is 9.52. The first-order valence-electron chi connectivity index (χ1n) is 5.63. The van der Waals surface area contributed by atoms with Gasteiger partial charge < -0.3 is 14.9 Å². The van der Waals surface area contributed by atoms with E-state index in [1.54, 1.807) is 6.07 Å². The lowest BCUT2D eigenvalue weighted by Crippen LogP contribution is -2.04. The Bertz CT molecular complexity index is 740. The fourth-order valence-electron chi connectivity index (χ4n) is 1.82. The molecule has 0 unspecified atom stereocenters. The van der Waals surface area contributed by atoms with Gasteiger partial charge in [-0.2, -0.15) is 0 Å². The summed E-state index contributed by atoms with van der Waals surface area (Å²) in [5, 5.41) is 19.3. The predicted molar refractivity (Wildman–Crippen MR) is 72.2 cm³/mol. The summed E-state index contributed by atoms with van der Waals surface area (Å²) in [5.74, 6) is 0.174. The van der Waals surface area contributed by atoms with Gasteiger partial charge in [-0.05, 0) is 35.0 Å². The SMILES string of the molecule is C#CCOc1cc2cc(C(=O)O)ccc2cc1C(=O)O. The van der Waals surface area contributed by atoms with E-state index in [0.717, 1.165) is 0 Å². The summed E-state index contributed by atoms with van der Waals surface area (Å²) in [6.07, 6.45) is 5.08. The maximum atomic E-state index is 11.2. The summed E-state index contributed by atoms with van der Waals surface area (Å²) >= 11 is 0. The molecule has 2 aromatic rings. The summed E-state index contributed by atoms with van der Waals surface area (Å²) in [6, 6.07) is 7.32. The third-order valence-electron chi connectivity index (χ3n) is 2.73. The molecule has 0 heterocycles. The summed E-state index contributed by atoms with van der Waals surface area (Å²) in [4.78, 5) is 22.1. The first kappa shape index (κ1) is 13.4. The molecule has 0 amide bonds. The van der Waals surface area contributed by atoms with E-state index < -0.39 is 11.9 Å². The maximum Gasteiger partial charge on any atom is 0.339 e. The molecule has 0 aliphatic heterocycles. The van der Waals surface area contributed by atoms with Gasteiger partial charge in [0.15, 0.2) is 0 Å². The molecule has 0 fully saturated rings. The molecule has 0 saturated carbocycles. The molecule has 0 aliphatic rings. The molecule has 0 aliphatic carbocycles. The molecule has 20 heavy (non-hydrogen) atoms. The summed E-state index contributed by atoms with van der Waals surface area (Å²) in [7, 11) is 0. The van der Waals surface area contributed by atoms with Gasteiger partial charge in [0.25, 0.3) is 0 Å². The number of carbonyl (C=O) groups is 2. The standard InChI is InChI=1S/C15H10O5/c1-2-5-20-13-8-11-6-10(14(16)17)4-3-9(11)7-12(13)15(18)19/h1,3-4,6-8H,5H2,(H,16,17)(H,18,19). The van der Waals surface area contributed by atoms with E-state index in [2.05, 4.69) is 5.92 Å². The van der Waals surface area contributed by atoms with E-state index >= 15 is 0 Å². The van der Waals surface area contributed by atoms with Crippen LogP contribution in [0, 0.1) is 12.3 Å². The van der Waals surface area contributed by atoms with Gasteiger partial charge in [0, 0.05) is 0 Å². The molecule has 100 valence electrons. The van der Waals surface area contributed by atoms with Crippen LogP contribution in [-0.4, -0.2) is 28.8 Å². The number of hydrogen-bond acceptors (Lipinski definition) is 3. The molecule has 2 aromatic carbocycles. The third-order valence-corrected chi connectivity index (χ3v) is 2.73. The fourth-order valence-corrected chi connectivity index (χ4v) is 1.82. The lowest BCUT2D eigenvalue weighted by Gasteiger charge is -2.09. The van der Waals surface area contributed by atoms with Gasteiger partial charge in [0.2, 0.25) is 0 Å². The Hall–Kier alpha value is -3.00. The maximum absolute atomic E-state index is 11.2. The number of hydrogen-bond donors (Lipinski definition) is 2. The zero-order valence-electron chi connectivity index (χ0n) is 10.3. The monoisotopic (exact) mass is 270 g/mol. The van der Waals surface area contributed by atoms with Crippen LogP contribution in [0.15, 0.2) is 30.3 Å². The Morgan fingerprint density at radius 3 is 2.45 bits per heavy atom. The fraction of sp³-hybridized carbons (Fsp3) is 0.0667. The quantitative estimate of drug-likeness (QED) is 0.832. The van der Waals surface area contributed by atoms with Crippen LogP contribution in [0.2, 0.25) is 0 Å². The van der Waals surface area contributed by atoms with Crippen LogP contribution in [0.25, 0.3) is 10.8 Å². The van der Waals surface area contributed by atoms with Gasteiger partial charge in [0.05, 0.1) is 5.56 Å². The lowest BCUT2D eigenvalue weighted by atomic mass is 10.0. The minimum absolute atomic E-state index is 0.0178. The van der Waals surface area contributed by atoms with Gasteiger partial charge >= 0.3 is 11.9 Å². The average Bonchev–Trinajstić information content (AvgIpc) is 2.43. The number of fused-ring (bicyclic) bond motifs is 1. The van der Waals surface area contributed by atoms with Crippen molar-refractivity contribution in [3.63, 3.8) is 0 Å². The molecule has 0 radical (unpaired) electrons. The van der Waals surface area contributed by atoms with Crippen molar-refractivity contribution in [3.8, 4) is 18.1 Å². The number of aromatic carboxylic acids is 2. The van der Waals surface area contributed by atoms with Gasteiger partial charge in [-0.1, -0.05) is 12.0 Å². The van der Waals surface area contributed by atoms with Crippen molar-refractivity contribution in [2.45, 2.75) is 0 Å². The minimum Gasteiger partial charge on any atom is -0.480 e. The zero-order chi connectivity index (χ0) is 14.7. The number of terminal acetylenes is 1. The van der Waals surface area contributed by atoms with Crippen LogP contribution < -0.4 is 4.74 Å². The van der Waals surface area contributed by atoms with E-state index in [4.69, 9.17) is 21.4 Å². The molecule has 2 N–H and O–H groups in total. The van der Waals surface area contributed by atoms with Crippen molar-refractivity contribution >= 4 is 22.7 Å². The highest BCUT2D eigenvalue weighted by Gasteiger charge is 2.14. The molecule has 0 aromatic heterocycles. The molecule has 5 nitrogen and oxygen atoms in total. The second-order valence-electron chi connectivity index (χ2n) is 4.01. The molecule has 0 atom stereocenters. The number of ether oxygens (including phenoxy) is 1. The smallest absolute Gasteiger partial charge is 0.339 e. The normalized spacial score (nSPS) is 9.95. The number of rotatable bonds is 4. The molecule has 2 rings (SSSR count). The van der Waals surface area contributed by atoms with E-state index in [1.807, 2.05) is 0 Å². The van der Waals surface area contributed by atoms with E-state index in [0.29, 0.717) is 10.8 Å². The highest BCUT2D eigenvalue weighted by Crippen LogP contribution is 2.27. The zero-order valence-corrected chi connectivity index (χ0v) is 10.3. The number of carboxylic acids is 2. The van der Waals surface area contributed by atoms with Crippen molar-refractivity contribution < 1.29 is 24.5 Å². The van der Waals surface area contributed by atoms with E-state index in [9.17, 15) is 9.59 Å². The molecule has 0 saturated heterocycles. The van der Waals surface area contributed by atoms with Crippen molar-refractivity contribution in [1.82, 2.24) is 0 Å². The van der Waals surface area contributed by atoms with Crippen molar-refractivity contribution in [2.75, 3.05) is 6.61 Å². The Morgan fingerprint density at radius 1 is 1.10 bits per heavy atom. The molecular weight excluding hydrogens is 260 g/mol. The summed E-state index contributed by atoms with van der Waals surface area (Å²) < 4.78 is 5.19. The highest BCUT2D eigenvalue weighted by molar-refractivity contribution is 6.00. The van der Waals surface area contributed by atoms with Gasteiger partial charge in [-0.25, -0.2) is 9.59 Å². The second kappa shape index (κ2) is 5.33. The average molecular weight is 270 g/mol. The van der Waals surface area contributed by atoms with Crippen LogP contribution in [-0.2, 0) is 0 Å². The van der Waals surface area contributed by atoms with Crippen LogP contribution in [0.1, 0.15) is 20.7 Å². The molecule has 0 spiro atoms. The van der Waals surface area contributed by atoms with Gasteiger partial charge in [-0.3, -0.25) is 0 Å². The molecule has 5 heteroatoms. The van der Waals surface area contributed by atoms with Crippen molar-refractivity contribution in [3.05, 3.63) is 41.5 Å². The van der Waals surface area contributed by atoms with E-state index in [1.165, 1.54) is 24.3 Å². The van der Waals surface area contributed by atoms with Crippen LogP contribution in [0.3, 0.4) is 0 Å². The van der Waals surface area contributed by atoms with Crippen LogP contribution >= 0.6 is 0 Å². The Balaban J connectivity index is 2.62. The molecule has 0 bridgehead atoms. The second-order valence-corrected chi connectivity index (χ2v) is 4.01. The van der Waals surface area contributed by atoms with E-state index in [-0.39, 0.29) is 23.5 Å². The first-order valence-corrected chi connectivity index (χ1v) is 5.63. The Morgan fingerprint density at radius 2 is 1.85 bits per heavy atom.